The zero-order valence-corrected chi connectivity index (χ0v) is 30.0. The maximum absolute atomic E-state index is 8.99. The van der Waals surface area contributed by atoms with E-state index in [0.29, 0.717) is 22.5 Å². The molecular weight excluding hydrogens is 546 g/mol. The Balaban J connectivity index is 0.000000211. The van der Waals surface area contributed by atoms with Crippen molar-refractivity contribution in [2.45, 2.75) is 108 Å². The summed E-state index contributed by atoms with van der Waals surface area (Å²) < 4.78 is 0. The van der Waals surface area contributed by atoms with Crippen LogP contribution >= 0.6 is 0 Å². The normalized spacial score (nSPS) is 13.5. The SMILES string of the molecule is CC(C)(C)CC1=CCC=N1.CC(C)(C)CC1=CCc2ccccc21.CC(C)Cc1ccc(O)cc1.CC(C)Cc1ccccc1. The minimum atomic E-state index is 0.345. The van der Waals surface area contributed by atoms with Gasteiger partial charge in [-0.3, -0.25) is 4.99 Å². The first-order valence-electron chi connectivity index (χ1n) is 16.9. The molecule has 0 unspecified atom stereocenters. The highest BCUT2D eigenvalue weighted by atomic mass is 16.3. The topological polar surface area (TPSA) is 32.6 Å². The van der Waals surface area contributed by atoms with Gasteiger partial charge in [0.05, 0.1) is 0 Å². The number of nitrogens with zero attached hydrogens (tertiary/aromatic N) is 1. The van der Waals surface area contributed by atoms with Crippen molar-refractivity contribution in [3.63, 3.8) is 0 Å². The molecule has 1 aliphatic carbocycles. The Morgan fingerprint density at radius 3 is 1.69 bits per heavy atom. The monoisotopic (exact) mass is 607 g/mol. The molecule has 244 valence electrons. The number of benzene rings is 3. The van der Waals surface area contributed by atoms with Crippen molar-refractivity contribution in [2.75, 3.05) is 0 Å². The Hall–Kier alpha value is -3.39. The Kier molecular flexibility index (Phi) is 15.6. The van der Waals surface area contributed by atoms with Crippen LogP contribution in [-0.4, -0.2) is 11.3 Å². The summed E-state index contributed by atoms with van der Waals surface area (Å²) >= 11 is 0. The smallest absolute Gasteiger partial charge is 0.115 e. The van der Waals surface area contributed by atoms with Crippen molar-refractivity contribution in [2.24, 2.45) is 27.7 Å². The Labute approximate surface area is 276 Å². The van der Waals surface area contributed by atoms with Crippen molar-refractivity contribution >= 4 is 11.8 Å². The van der Waals surface area contributed by atoms with Gasteiger partial charge < -0.3 is 5.11 Å². The average molecular weight is 608 g/mol. The Bertz CT molecular complexity index is 1340. The molecule has 1 aliphatic heterocycles. The molecule has 0 spiro atoms. The number of phenols is 1. The summed E-state index contributed by atoms with van der Waals surface area (Å²) in [5, 5.41) is 8.99. The summed E-state index contributed by atoms with van der Waals surface area (Å²) in [6.45, 7) is 22.5. The highest BCUT2D eigenvalue weighted by Crippen LogP contribution is 2.36. The second-order valence-corrected chi connectivity index (χ2v) is 15.7. The van der Waals surface area contributed by atoms with E-state index in [9.17, 15) is 0 Å². The van der Waals surface area contributed by atoms with E-state index in [1.54, 1.807) is 12.1 Å². The summed E-state index contributed by atoms with van der Waals surface area (Å²) in [5.41, 5.74) is 9.27. The Morgan fingerprint density at radius 2 is 1.18 bits per heavy atom. The minimum Gasteiger partial charge on any atom is -0.508 e. The third kappa shape index (κ3) is 17.0. The number of hydrogen-bond donors (Lipinski definition) is 1. The molecule has 3 aromatic rings. The first-order chi connectivity index (χ1) is 21.1. The van der Waals surface area contributed by atoms with Gasteiger partial charge in [-0.05, 0) is 94.7 Å². The fraction of sp³-hybridized carbons (Fsp3) is 0.465. The molecule has 0 aromatic heterocycles. The maximum Gasteiger partial charge on any atom is 0.115 e. The summed E-state index contributed by atoms with van der Waals surface area (Å²) in [4.78, 5) is 4.26. The van der Waals surface area contributed by atoms with Gasteiger partial charge >= 0.3 is 0 Å². The van der Waals surface area contributed by atoms with Gasteiger partial charge in [0.25, 0.3) is 0 Å². The van der Waals surface area contributed by atoms with Crippen LogP contribution in [0.25, 0.3) is 5.57 Å². The molecule has 5 rings (SSSR count). The molecule has 2 nitrogen and oxygen atoms in total. The van der Waals surface area contributed by atoms with Crippen LogP contribution < -0.4 is 0 Å². The van der Waals surface area contributed by atoms with Crippen LogP contribution in [0.15, 0.2) is 102 Å². The van der Waals surface area contributed by atoms with E-state index in [4.69, 9.17) is 5.11 Å². The third-order valence-electron chi connectivity index (χ3n) is 7.15. The average Bonchev–Trinajstić information content (AvgIpc) is 3.59. The summed E-state index contributed by atoms with van der Waals surface area (Å²) in [7, 11) is 0. The molecule has 3 aromatic carbocycles. The highest BCUT2D eigenvalue weighted by Gasteiger charge is 2.19. The number of allylic oxidation sites excluding steroid dienone is 4. The zero-order valence-electron chi connectivity index (χ0n) is 30.0. The zero-order chi connectivity index (χ0) is 33.5. The van der Waals surface area contributed by atoms with Crippen molar-refractivity contribution in [3.05, 3.63) is 119 Å². The van der Waals surface area contributed by atoms with E-state index in [1.165, 1.54) is 46.4 Å². The van der Waals surface area contributed by atoms with Gasteiger partial charge in [-0.15, -0.1) is 0 Å². The molecule has 0 amide bonds. The number of fused-ring (bicyclic) bond motifs is 1. The fourth-order valence-corrected chi connectivity index (χ4v) is 5.35. The molecule has 0 bridgehead atoms. The van der Waals surface area contributed by atoms with Crippen LogP contribution in [0, 0.1) is 22.7 Å². The van der Waals surface area contributed by atoms with Crippen LogP contribution in [-0.2, 0) is 19.3 Å². The Morgan fingerprint density at radius 1 is 0.644 bits per heavy atom. The van der Waals surface area contributed by atoms with E-state index in [2.05, 4.69) is 141 Å². The first-order valence-corrected chi connectivity index (χ1v) is 16.9. The number of phenolic OH excluding ortho intramolecular Hbond substituents is 1. The van der Waals surface area contributed by atoms with E-state index < -0.39 is 0 Å². The summed E-state index contributed by atoms with van der Waals surface area (Å²) in [6, 6.07) is 26.8. The van der Waals surface area contributed by atoms with Crippen LogP contribution in [0.3, 0.4) is 0 Å². The second-order valence-electron chi connectivity index (χ2n) is 15.7. The van der Waals surface area contributed by atoms with Crippen molar-refractivity contribution < 1.29 is 5.11 Å². The second kappa shape index (κ2) is 18.5. The lowest BCUT2D eigenvalue weighted by molar-refractivity contribution is 0.408. The third-order valence-corrected chi connectivity index (χ3v) is 7.15. The molecular formula is C43H61NO. The van der Waals surface area contributed by atoms with Gasteiger partial charge in [0.1, 0.15) is 5.75 Å². The maximum atomic E-state index is 8.99. The summed E-state index contributed by atoms with van der Waals surface area (Å²) in [6.07, 6.45) is 13.3. The van der Waals surface area contributed by atoms with Crippen molar-refractivity contribution in [1.82, 2.24) is 0 Å². The van der Waals surface area contributed by atoms with E-state index in [0.717, 1.165) is 31.6 Å². The molecule has 0 atom stereocenters. The molecule has 1 heterocycles. The van der Waals surface area contributed by atoms with Gasteiger partial charge in [-0.2, -0.15) is 0 Å². The number of aliphatic imine (C=N–C) groups is 1. The minimum absolute atomic E-state index is 0.345. The molecule has 2 aliphatic rings. The van der Waals surface area contributed by atoms with Gasteiger partial charge in [0, 0.05) is 18.3 Å². The predicted octanol–water partition coefficient (Wildman–Crippen LogP) is 12.3. The lowest BCUT2D eigenvalue weighted by Gasteiger charge is -2.19. The van der Waals surface area contributed by atoms with E-state index in [-0.39, 0.29) is 0 Å². The van der Waals surface area contributed by atoms with Crippen LogP contribution in [0.2, 0.25) is 0 Å². The van der Waals surface area contributed by atoms with Crippen molar-refractivity contribution in [3.8, 4) is 5.75 Å². The number of aromatic hydroxyl groups is 1. The quantitative estimate of drug-likeness (QED) is 0.297. The molecule has 45 heavy (non-hydrogen) atoms. The number of hydrogen-bond acceptors (Lipinski definition) is 2. The molecule has 0 saturated heterocycles. The van der Waals surface area contributed by atoms with Gasteiger partial charge in [-0.25, -0.2) is 0 Å². The molecule has 2 heteroatoms. The van der Waals surface area contributed by atoms with E-state index in [1.807, 2.05) is 18.3 Å². The molecule has 0 fully saturated rings. The van der Waals surface area contributed by atoms with Gasteiger partial charge in [0.15, 0.2) is 0 Å². The molecule has 0 radical (unpaired) electrons. The largest absolute Gasteiger partial charge is 0.508 e. The highest BCUT2D eigenvalue weighted by molar-refractivity contribution is 5.73. The predicted molar refractivity (Wildman–Crippen MR) is 199 cm³/mol. The number of rotatable bonds is 6. The molecule has 1 N–H and O–H groups in total. The van der Waals surface area contributed by atoms with Crippen LogP contribution in [0.5, 0.6) is 5.75 Å². The standard InChI is InChI=1S/C14H18.C10H14O.C10H14.C9H15N/c1-14(2,3)10-12-9-8-11-6-4-5-7-13(11)12;1-8(2)7-9-3-5-10(11)6-4-9;1-9(2)8-10-6-4-3-5-7-10;1-9(2,3)7-8-5-4-6-10-8/h4-7,9H,8,10H2,1-3H3;3-6,8,11H,7H2,1-2H3;3-7,9H,8H2,1-2H3;5-6H,4,7H2,1-3H3. The van der Waals surface area contributed by atoms with Crippen LogP contribution in [0.1, 0.15) is 111 Å². The van der Waals surface area contributed by atoms with Crippen LogP contribution in [0.4, 0.5) is 0 Å². The first kappa shape index (κ1) is 37.8. The van der Waals surface area contributed by atoms with Gasteiger partial charge in [0.2, 0.25) is 0 Å². The molecule has 0 saturated carbocycles. The van der Waals surface area contributed by atoms with E-state index >= 15 is 0 Å². The lowest BCUT2D eigenvalue weighted by atomic mass is 9.86. The fourth-order valence-electron chi connectivity index (χ4n) is 5.35. The van der Waals surface area contributed by atoms with Gasteiger partial charge in [-0.1, -0.05) is 148 Å². The van der Waals surface area contributed by atoms with Crippen molar-refractivity contribution in [1.29, 1.82) is 0 Å². The lowest BCUT2D eigenvalue weighted by Crippen LogP contribution is -2.05. The summed E-state index contributed by atoms with van der Waals surface area (Å²) in [5.74, 6) is 1.79.